The number of carbonyl (C=O) groups excluding carboxylic acids is 2. The van der Waals surface area contributed by atoms with Gasteiger partial charge in [0.15, 0.2) is 0 Å². The number of carbonyl (C=O) groups is 2. The second-order valence-corrected chi connectivity index (χ2v) is 8.46. The minimum Gasteiger partial charge on any atom is -0.338 e. The molecule has 0 atom stereocenters. The van der Waals surface area contributed by atoms with Gasteiger partial charge in [-0.15, -0.1) is 0 Å². The van der Waals surface area contributed by atoms with E-state index in [1.54, 1.807) is 17.1 Å². The van der Waals surface area contributed by atoms with Gasteiger partial charge in [-0.1, -0.05) is 24.6 Å². The van der Waals surface area contributed by atoms with E-state index in [4.69, 9.17) is 11.6 Å². The second kappa shape index (κ2) is 9.53. The van der Waals surface area contributed by atoms with E-state index in [-0.39, 0.29) is 17.7 Å². The lowest BCUT2D eigenvalue weighted by Gasteiger charge is -2.31. The van der Waals surface area contributed by atoms with E-state index < -0.39 is 0 Å². The molecule has 8 heteroatoms. The zero-order chi connectivity index (χ0) is 22.7. The number of benzene rings is 1. The Morgan fingerprint density at radius 1 is 1.19 bits per heavy atom. The van der Waals surface area contributed by atoms with Crippen LogP contribution in [0.4, 0.5) is 5.82 Å². The SMILES string of the molecule is CCc1c(C(=O)N2CCC(C(=O)Nc3cc(C)ccn3)CC2)cnn1-c1cccc(Cl)c1. The molecule has 0 aliphatic carbocycles. The highest BCUT2D eigenvalue weighted by molar-refractivity contribution is 6.30. The fourth-order valence-corrected chi connectivity index (χ4v) is 4.26. The summed E-state index contributed by atoms with van der Waals surface area (Å²) < 4.78 is 1.77. The summed E-state index contributed by atoms with van der Waals surface area (Å²) in [5.74, 6) is 0.336. The average molecular weight is 452 g/mol. The van der Waals surface area contributed by atoms with Gasteiger partial charge in [-0.25, -0.2) is 9.67 Å². The highest BCUT2D eigenvalue weighted by Crippen LogP contribution is 2.24. The maximum absolute atomic E-state index is 13.2. The minimum absolute atomic E-state index is 0.0433. The first-order valence-electron chi connectivity index (χ1n) is 10.8. The molecule has 166 valence electrons. The Kier molecular flexibility index (Phi) is 6.55. The summed E-state index contributed by atoms with van der Waals surface area (Å²) in [5, 5.41) is 7.97. The number of aryl methyl sites for hydroxylation is 1. The lowest BCUT2D eigenvalue weighted by molar-refractivity contribution is -0.121. The number of amides is 2. The molecule has 0 unspecified atom stereocenters. The molecule has 0 radical (unpaired) electrons. The Balaban J connectivity index is 1.42. The summed E-state index contributed by atoms with van der Waals surface area (Å²) in [6.07, 6.45) is 5.21. The summed E-state index contributed by atoms with van der Waals surface area (Å²) in [7, 11) is 0. The monoisotopic (exact) mass is 451 g/mol. The quantitative estimate of drug-likeness (QED) is 0.627. The topological polar surface area (TPSA) is 80.1 Å². The molecule has 0 spiro atoms. The number of nitrogens with zero attached hydrogens (tertiary/aromatic N) is 4. The van der Waals surface area contributed by atoms with Crippen molar-refractivity contribution in [2.45, 2.75) is 33.1 Å². The van der Waals surface area contributed by atoms with Gasteiger partial charge in [0.1, 0.15) is 5.82 Å². The molecule has 3 heterocycles. The van der Waals surface area contributed by atoms with E-state index in [1.165, 1.54) is 0 Å². The van der Waals surface area contributed by atoms with Crippen molar-refractivity contribution < 1.29 is 9.59 Å². The summed E-state index contributed by atoms with van der Waals surface area (Å²) in [6.45, 7) is 5.03. The number of nitrogens with one attached hydrogen (secondary N) is 1. The van der Waals surface area contributed by atoms with Crippen LogP contribution in [0, 0.1) is 12.8 Å². The largest absolute Gasteiger partial charge is 0.338 e. The first-order chi connectivity index (χ1) is 15.5. The second-order valence-electron chi connectivity index (χ2n) is 8.02. The Labute approximate surface area is 192 Å². The Bertz CT molecular complexity index is 1130. The predicted molar refractivity (Wildman–Crippen MR) is 124 cm³/mol. The van der Waals surface area contributed by atoms with Crippen molar-refractivity contribution in [2.24, 2.45) is 5.92 Å². The molecular weight excluding hydrogens is 426 g/mol. The molecule has 1 fully saturated rings. The molecule has 3 aromatic rings. The normalized spacial score (nSPS) is 14.4. The summed E-state index contributed by atoms with van der Waals surface area (Å²) >= 11 is 6.13. The fraction of sp³-hybridized carbons (Fsp3) is 0.333. The van der Waals surface area contributed by atoms with E-state index in [0.29, 0.717) is 48.8 Å². The first kappa shape index (κ1) is 22.0. The zero-order valence-electron chi connectivity index (χ0n) is 18.2. The van der Waals surface area contributed by atoms with Gasteiger partial charge in [-0.05, 0) is 62.1 Å². The highest BCUT2D eigenvalue weighted by Gasteiger charge is 2.30. The van der Waals surface area contributed by atoms with Crippen LogP contribution >= 0.6 is 11.6 Å². The van der Waals surface area contributed by atoms with Gasteiger partial charge in [0.05, 0.1) is 23.1 Å². The number of halogens is 1. The molecule has 7 nitrogen and oxygen atoms in total. The molecular formula is C24H26ClN5O2. The van der Waals surface area contributed by atoms with Crippen LogP contribution in [0.3, 0.4) is 0 Å². The van der Waals surface area contributed by atoms with Crippen molar-refractivity contribution in [3.63, 3.8) is 0 Å². The van der Waals surface area contributed by atoms with Crippen LogP contribution in [0.15, 0.2) is 48.8 Å². The molecule has 1 N–H and O–H groups in total. The van der Waals surface area contributed by atoms with Crippen molar-refractivity contribution in [3.8, 4) is 5.69 Å². The first-order valence-corrected chi connectivity index (χ1v) is 11.2. The molecule has 1 aromatic carbocycles. The number of piperidine rings is 1. The van der Waals surface area contributed by atoms with E-state index in [0.717, 1.165) is 16.9 Å². The van der Waals surface area contributed by atoms with E-state index in [1.807, 2.05) is 55.1 Å². The third kappa shape index (κ3) is 4.67. The summed E-state index contributed by atoms with van der Waals surface area (Å²) in [6, 6.07) is 11.2. The average Bonchev–Trinajstić information content (AvgIpc) is 3.23. The van der Waals surface area contributed by atoms with E-state index in [2.05, 4.69) is 15.4 Å². The molecule has 2 aromatic heterocycles. The van der Waals surface area contributed by atoms with Crippen molar-refractivity contribution in [2.75, 3.05) is 18.4 Å². The van der Waals surface area contributed by atoms with Gasteiger partial charge >= 0.3 is 0 Å². The van der Waals surface area contributed by atoms with Gasteiger partial charge in [0, 0.05) is 30.2 Å². The standard InChI is InChI=1S/C24H26ClN5O2/c1-3-21-20(15-27-30(21)19-6-4-5-18(25)14-19)24(32)29-11-8-17(9-12-29)23(31)28-22-13-16(2)7-10-26-22/h4-7,10,13-15,17H,3,8-9,11-12H2,1-2H3,(H,26,28,31). The van der Waals surface area contributed by atoms with Crippen molar-refractivity contribution in [1.29, 1.82) is 0 Å². The molecule has 32 heavy (non-hydrogen) atoms. The molecule has 1 aliphatic rings. The predicted octanol–water partition coefficient (Wildman–Crippen LogP) is 4.28. The van der Waals surface area contributed by atoms with Crippen LogP contribution < -0.4 is 5.32 Å². The minimum atomic E-state index is -0.138. The van der Waals surface area contributed by atoms with Crippen LogP contribution in [0.25, 0.3) is 5.69 Å². The van der Waals surface area contributed by atoms with Crippen LogP contribution in [-0.2, 0) is 11.2 Å². The summed E-state index contributed by atoms with van der Waals surface area (Å²) in [4.78, 5) is 31.9. The zero-order valence-corrected chi connectivity index (χ0v) is 19.0. The van der Waals surface area contributed by atoms with Crippen LogP contribution in [-0.4, -0.2) is 44.6 Å². The number of pyridine rings is 1. The fourth-order valence-electron chi connectivity index (χ4n) is 4.07. The number of anilines is 1. The van der Waals surface area contributed by atoms with Crippen LogP contribution in [0.5, 0.6) is 0 Å². The van der Waals surface area contributed by atoms with Gasteiger partial charge in [-0.3, -0.25) is 9.59 Å². The van der Waals surface area contributed by atoms with E-state index >= 15 is 0 Å². The lowest BCUT2D eigenvalue weighted by atomic mass is 9.95. The number of likely N-dealkylation sites (tertiary alicyclic amines) is 1. The smallest absolute Gasteiger partial charge is 0.257 e. The Morgan fingerprint density at radius 3 is 2.66 bits per heavy atom. The van der Waals surface area contributed by atoms with Gasteiger partial charge in [0.25, 0.3) is 5.91 Å². The molecule has 0 bridgehead atoms. The third-order valence-corrected chi connectivity index (χ3v) is 6.04. The van der Waals surface area contributed by atoms with Gasteiger partial charge in [-0.2, -0.15) is 5.10 Å². The number of hydrogen-bond donors (Lipinski definition) is 1. The Hall–Kier alpha value is -3.19. The van der Waals surface area contributed by atoms with Crippen LogP contribution in [0.1, 0.15) is 41.4 Å². The maximum atomic E-state index is 13.2. The molecule has 4 rings (SSSR count). The molecule has 1 aliphatic heterocycles. The number of aromatic nitrogens is 3. The van der Waals surface area contributed by atoms with Crippen LogP contribution in [0.2, 0.25) is 5.02 Å². The van der Waals surface area contributed by atoms with Crippen molar-refractivity contribution >= 4 is 29.2 Å². The summed E-state index contributed by atoms with van der Waals surface area (Å²) in [5.41, 5.74) is 3.32. The molecule has 2 amide bonds. The maximum Gasteiger partial charge on any atom is 0.257 e. The highest BCUT2D eigenvalue weighted by atomic mass is 35.5. The lowest BCUT2D eigenvalue weighted by Crippen LogP contribution is -2.41. The third-order valence-electron chi connectivity index (χ3n) is 5.81. The van der Waals surface area contributed by atoms with Gasteiger partial charge in [0.2, 0.25) is 5.91 Å². The number of hydrogen-bond acceptors (Lipinski definition) is 4. The van der Waals surface area contributed by atoms with Gasteiger partial charge < -0.3 is 10.2 Å². The van der Waals surface area contributed by atoms with Crippen molar-refractivity contribution in [3.05, 3.63) is 70.6 Å². The van der Waals surface area contributed by atoms with Crippen molar-refractivity contribution in [1.82, 2.24) is 19.7 Å². The van der Waals surface area contributed by atoms with E-state index in [9.17, 15) is 9.59 Å². The molecule has 0 saturated carbocycles. The Morgan fingerprint density at radius 2 is 1.97 bits per heavy atom. The number of rotatable bonds is 5. The molecule has 1 saturated heterocycles.